The van der Waals surface area contributed by atoms with Crippen molar-refractivity contribution in [2.45, 2.75) is 38.1 Å². The molecule has 1 saturated heterocycles. The highest BCUT2D eigenvalue weighted by molar-refractivity contribution is 7.15. The van der Waals surface area contributed by atoms with Gasteiger partial charge in [0, 0.05) is 43.2 Å². The summed E-state index contributed by atoms with van der Waals surface area (Å²) in [4.78, 5) is 36.6. The van der Waals surface area contributed by atoms with Crippen molar-refractivity contribution in [2.75, 3.05) is 52.5 Å². The Morgan fingerprint density at radius 3 is 2.68 bits per heavy atom. The zero-order valence-electron chi connectivity index (χ0n) is 23.3. The standard InChI is InChI=1S/C30H34N4O6S/c1-37-22-8-4-3-6-20(22)16-26(35)31-30-32-27-21(7-5-9-25(27)41-30)29(36)34-12-10-33(11-13-34)17-19-14-23(38-2)28-24(15-19)39-18-40-28/h3-4,6,8,14-15,21H,5,7,9-13,16-18H2,1-2H3,(H,31,32,35). The number of methoxy groups -OCH3 is 2. The molecule has 1 unspecified atom stereocenters. The van der Waals surface area contributed by atoms with Crippen LogP contribution >= 0.6 is 11.3 Å². The number of ether oxygens (including phenoxy) is 4. The van der Waals surface area contributed by atoms with Gasteiger partial charge in [0.25, 0.3) is 0 Å². The van der Waals surface area contributed by atoms with Crippen LogP contribution in [0.1, 0.15) is 40.5 Å². The number of anilines is 1. The number of carbonyl (C=O) groups excluding carboxylic acids is 2. The molecule has 0 spiro atoms. The van der Waals surface area contributed by atoms with E-state index in [-0.39, 0.29) is 30.9 Å². The van der Waals surface area contributed by atoms with Gasteiger partial charge in [0.15, 0.2) is 16.6 Å². The summed E-state index contributed by atoms with van der Waals surface area (Å²) in [6, 6.07) is 11.5. The van der Waals surface area contributed by atoms with Gasteiger partial charge in [-0.1, -0.05) is 18.2 Å². The molecule has 3 aliphatic rings. The first-order valence-electron chi connectivity index (χ1n) is 13.9. The SMILES string of the molecule is COc1ccccc1CC(=O)Nc1nc2c(s1)CCCC2C(=O)N1CCN(Cc2cc(OC)c3c(c2)OCO3)CC1. The van der Waals surface area contributed by atoms with Gasteiger partial charge in [-0.15, -0.1) is 11.3 Å². The zero-order chi connectivity index (χ0) is 28.3. The molecule has 0 bridgehead atoms. The summed E-state index contributed by atoms with van der Waals surface area (Å²) in [6.07, 6.45) is 2.79. The van der Waals surface area contributed by atoms with E-state index >= 15 is 0 Å². The van der Waals surface area contributed by atoms with Crippen LogP contribution in [-0.4, -0.2) is 73.8 Å². The zero-order valence-corrected chi connectivity index (χ0v) is 24.1. The molecule has 2 aromatic carbocycles. The highest BCUT2D eigenvalue weighted by atomic mass is 32.1. The lowest BCUT2D eigenvalue weighted by Crippen LogP contribution is -2.49. The molecule has 41 heavy (non-hydrogen) atoms. The number of piperazine rings is 1. The molecule has 1 fully saturated rings. The highest BCUT2D eigenvalue weighted by Crippen LogP contribution is 2.42. The molecule has 216 valence electrons. The lowest BCUT2D eigenvalue weighted by molar-refractivity contribution is -0.135. The summed E-state index contributed by atoms with van der Waals surface area (Å²) in [7, 11) is 3.23. The van der Waals surface area contributed by atoms with E-state index in [1.807, 2.05) is 41.3 Å². The predicted octanol–water partition coefficient (Wildman–Crippen LogP) is 3.83. The van der Waals surface area contributed by atoms with Gasteiger partial charge in [-0.3, -0.25) is 14.5 Å². The van der Waals surface area contributed by atoms with E-state index in [9.17, 15) is 9.59 Å². The Labute approximate surface area is 243 Å². The number of amides is 2. The van der Waals surface area contributed by atoms with Gasteiger partial charge in [-0.05, 0) is 43.0 Å². The van der Waals surface area contributed by atoms with Crippen LogP contribution in [0, 0.1) is 0 Å². The Balaban J connectivity index is 1.06. The number of fused-ring (bicyclic) bond motifs is 2. The minimum absolute atomic E-state index is 0.132. The molecule has 6 rings (SSSR count). The average Bonchev–Trinajstić information content (AvgIpc) is 3.63. The Morgan fingerprint density at radius 1 is 1.07 bits per heavy atom. The van der Waals surface area contributed by atoms with Crippen LogP contribution < -0.4 is 24.3 Å². The maximum atomic E-state index is 13.7. The van der Waals surface area contributed by atoms with Crippen LogP contribution in [0.2, 0.25) is 0 Å². The largest absolute Gasteiger partial charge is 0.496 e. The highest BCUT2D eigenvalue weighted by Gasteiger charge is 2.34. The summed E-state index contributed by atoms with van der Waals surface area (Å²) in [6.45, 7) is 3.84. The van der Waals surface area contributed by atoms with Crippen LogP contribution in [-0.2, 0) is 29.0 Å². The van der Waals surface area contributed by atoms with E-state index in [1.54, 1.807) is 14.2 Å². The molecular formula is C30H34N4O6S. The van der Waals surface area contributed by atoms with Crippen LogP contribution in [0.15, 0.2) is 36.4 Å². The van der Waals surface area contributed by atoms with Crippen molar-refractivity contribution >= 4 is 28.3 Å². The van der Waals surface area contributed by atoms with Crippen LogP contribution in [0.25, 0.3) is 0 Å². The molecule has 3 aromatic rings. The average molecular weight is 579 g/mol. The van der Waals surface area contributed by atoms with E-state index in [1.165, 1.54) is 11.3 Å². The van der Waals surface area contributed by atoms with Crippen molar-refractivity contribution in [3.05, 3.63) is 58.1 Å². The van der Waals surface area contributed by atoms with E-state index in [0.717, 1.165) is 60.6 Å². The second-order valence-electron chi connectivity index (χ2n) is 10.4. The van der Waals surface area contributed by atoms with Crippen LogP contribution in [0.3, 0.4) is 0 Å². The number of aromatic nitrogens is 1. The van der Waals surface area contributed by atoms with Gasteiger partial charge >= 0.3 is 0 Å². The quantitative estimate of drug-likeness (QED) is 0.430. The molecule has 10 nitrogen and oxygen atoms in total. The summed E-state index contributed by atoms with van der Waals surface area (Å²) < 4.78 is 21.9. The van der Waals surface area contributed by atoms with Gasteiger partial charge < -0.3 is 29.2 Å². The van der Waals surface area contributed by atoms with E-state index in [2.05, 4.69) is 10.2 Å². The Morgan fingerprint density at radius 2 is 1.88 bits per heavy atom. The number of nitrogens with zero attached hydrogens (tertiary/aromatic N) is 3. The molecule has 1 atom stereocenters. The fraction of sp³-hybridized carbons (Fsp3) is 0.433. The van der Waals surface area contributed by atoms with Crippen LogP contribution in [0.4, 0.5) is 5.13 Å². The summed E-state index contributed by atoms with van der Waals surface area (Å²) in [5, 5.41) is 3.50. The first kappa shape index (κ1) is 27.3. The number of benzene rings is 2. The molecule has 11 heteroatoms. The fourth-order valence-corrected chi connectivity index (χ4v) is 6.86. The van der Waals surface area contributed by atoms with Crippen molar-refractivity contribution in [1.29, 1.82) is 0 Å². The van der Waals surface area contributed by atoms with E-state index in [4.69, 9.17) is 23.9 Å². The minimum atomic E-state index is -0.264. The lowest BCUT2D eigenvalue weighted by atomic mass is 9.89. The van der Waals surface area contributed by atoms with Gasteiger partial charge in [-0.25, -0.2) is 4.98 Å². The molecule has 3 heterocycles. The number of hydrogen-bond donors (Lipinski definition) is 1. The molecule has 0 radical (unpaired) electrons. The number of carbonyl (C=O) groups is 2. The maximum absolute atomic E-state index is 13.7. The van der Waals surface area contributed by atoms with Gasteiger partial charge in [-0.2, -0.15) is 0 Å². The molecule has 2 aliphatic heterocycles. The number of aryl methyl sites for hydroxylation is 1. The number of rotatable bonds is 8. The van der Waals surface area contributed by atoms with Crippen molar-refractivity contribution < 1.29 is 28.5 Å². The summed E-state index contributed by atoms with van der Waals surface area (Å²) in [5.74, 6) is 2.43. The first-order valence-corrected chi connectivity index (χ1v) is 14.7. The Bertz CT molecular complexity index is 1430. The Kier molecular flexibility index (Phi) is 7.97. The number of thiazole rings is 1. The second kappa shape index (κ2) is 12.0. The number of para-hydroxylation sites is 1. The first-order chi connectivity index (χ1) is 20.0. The third-order valence-corrected chi connectivity index (χ3v) is 8.90. The lowest BCUT2D eigenvalue weighted by Gasteiger charge is -2.37. The third kappa shape index (κ3) is 5.82. The van der Waals surface area contributed by atoms with Crippen molar-refractivity contribution in [2.24, 2.45) is 0 Å². The Hall–Kier alpha value is -3.83. The summed E-state index contributed by atoms with van der Waals surface area (Å²) >= 11 is 1.48. The minimum Gasteiger partial charge on any atom is -0.496 e. The topological polar surface area (TPSA) is 102 Å². The normalized spacial score (nSPS) is 18.1. The second-order valence-corrected chi connectivity index (χ2v) is 11.5. The molecule has 1 aliphatic carbocycles. The van der Waals surface area contributed by atoms with E-state index < -0.39 is 0 Å². The van der Waals surface area contributed by atoms with Gasteiger partial charge in [0.2, 0.25) is 24.4 Å². The smallest absolute Gasteiger partial charge is 0.231 e. The van der Waals surface area contributed by atoms with Gasteiger partial charge in [0.05, 0.1) is 32.3 Å². The fourth-order valence-electron chi connectivity index (χ4n) is 5.78. The van der Waals surface area contributed by atoms with Crippen LogP contribution in [0.5, 0.6) is 23.0 Å². The van der Waals surface area contributed by atoms with E-state index in [0.29, 0.717) is 41.2 Å². The van der Waals surface area contributed by atoms with Crippen molar-refractivity contribution in [3.8, 4) is 23.0 Å². The van der Waals surface area contributed by atoms with Gasteiger partial charge in [0.1, 0.15) is 5.75 Å². The molecular weight excluding hydrogens is 544 g/mol. The molecule has 1 N–H and O–H groups in total. The molecule has 0 saturated carbocycles. The predicted molar refractivity (Wildman–Crippen MR) is 154 cm³/mol. The molecule has 2 amide bonds. The number of hydrogen-bond acceptors (Lipinski definition) is 9. The number of nitrogens with one attached hydrogen (secondary N) is 1. The van der Waals surface area contributed by atoms with Crippen molar-refractivity contribution in [1.82, 2.24) is 14.8 Å². The third-order valence-electron chi connectivity index (χ3n) is 7.85. The monoisotopic (exact) mass is 578 g/mol. The van der Waals surface area contributed by atoms with Crippen molar-refractivity contribution in [3.63, 3.8) is 0 Å². The maximum Gasteiger partial charge on any atom is 0.231 e. The summed E-state index contributed by atoms with van der Waals surface area (Å²) in [5.41, 5.74) is 2.73. The molecule has 1 aromatic heterocycles.